The Hall–Kier alpha value is 0.0800. The molecule has 0 aliphatic rings. The first-order chi connectivity index (χ1) is 2.77. The van der Waals surface area contributed by atoms with E-state index < -0.39 is 11.2 Å². The Kier molecular flexibility index (Phi) is 3.32. The van der Waals surface area contributed by atoms with E-state index in [1.807, 2.05) is 0 Å². The molecule has 0 heterocycles. The normalized spacial score (nSPS) is 14.3. The summed E-state index contributed by atoms with van der Waals surface area (Å²) in [5.74, 6) is 0.181. The second kappa shape index (κ2) is 3.28. The lowest BCUT2D eigenvalue weighted by Crippen LogP contribution is -1.83. The van der Waals surface area contributed by atoms with E-state index in [9.17, 15) is 8.09 Å². The first-order valence-corrected chi connectivity index (χ1v) is 3.04. The Balaban J connectivity index is 2.83. The summed E-state index contributed by atoms with van der Waals surface area (Å²) < 4.78 is 20.7. The van der Waals surface area contributed by atoms with Gasteiger partial charge in [0.05, 0.1) is 5.75 Å². The van der Waals surface area contributed by atoms with Crippen molar-refractivity contribution in [3.05, 3.63) is 0 Å². The van der Waals surface area contributed by atoms with Crippen LogP contribution >= 0.6 is 0 Å². The van der Waals surface area contributed by atoms with Gasteiger partial charge in [-0.05, 0) is 6.42 Å². The van der Waals surface area contributed by atoms with Gasteiger partial charge in [-0.25, -0.2) is 4.21 Å². The van der Waals surface area contributed by atoms with Crippen molar-refractivity contribution in [1.82, 2.24) is 0 Å². The van der Waals surface area contributed by atoms with Gasteiger partial charge in [-0.2, -0.15) is 0 Å². The molecule has 0 saturated carbocycles. The second-order valence-corrected chi connectivity index (χ2v) is 1.98. The predicted molar refractivity (Wildman–Crippen MR) is 24.4 cm³/mol. The van der Waals surface area contributed by atoms with Gasteiger partial charge < -0.3 is 0 Å². The Morgan fingerprint density at radius 3 is 2.33 bits per heavy atom. The molecule has 0 aromatic carbocycles. The smallest absolute Gasteiger partial charge is 0.198 e. The van der Waals surface area contributed by atoms with Crippen molar-refractivity contribution >= 4 is 11.2 Å². The van der Waals surface area contributed by atoms with Gasteiger partial charge in [0.15, 0.2) is 11.2 Å². The van der Waals surface area contributed by atoms with E-state index in [0.29, 0.717) is 6.42 Å². The molecule has 0 spiro atoms. The second-order valence-electron chi connectivity index (χ2n) is 0.994. The molecule has 0 aromatic heterocycles. The highest BCUT2D eigenvalue weighted by atomic mass is 32.2. The Labute approximate surface area is 39.3 Å². The number of hydrogen-bond acceptors (Lipinski definition) is 1. The average molecular weight is 110 g/mol. The molecule has 0 N–H and O–H groups in total. The Morgan fingerprint density at radius 2 is 2.33 bits per heavy atom. The first-order valence-electron chi connectivity index (χ1n) is 1.82. The van der Waals surface area contributed by atoms with Crippen molar-refractivity contribution in [1.29, 1.82) is 0 Å². The van der Waals surface area contributed by atoms with Crippen LogP contribution in [0, 0.1) is 0 Å². The molecular formula is C3H7FOS. The van der Waals surface area contributed by atoms with Crippen LogP contribution in [0.5, 0.6) is 0 Å². The summed E-state index contributed by atoms with van der Waals surface area (Å²) in [5.41, 5.74) is 0. The van der Waals surface area contributed by atoms with Crippen LogP contribution in [-0.2, 0) is 11.2 Å². The average Bonchev–Trinajstić information content (AvgIpc) is 1.35. The zero-order valence-electron chi connectivity index (χ0n) is 3.61. The van der Waals surface area contributed by atoms with E-state index in [1.165, 1.54) is 0 Å². The van der Waals surface area contributed by atoms with Crippen LogP contribution in [-0.4, -0.2) is 9.96 Å². The van der Waals surface area contributed by atoms with Crippen molar-refractivity contribution in [2.45, 2.75) is 13.3 Å². The van der Waals surface area contributed by atoms with Crippen LogP contribution in [0.2, 0.25) is 0 Å². The van der Waals surface area contributed by atoms with Gasteiger partial charge in [0.25, 0.3) is 0 Å². The van der Waals surface area contributed by atoms with Crippen LogP contribution in [0.15, 0.2) is 0 Å². The summed E-state index contributed by atoms with van der Waals surface area (Å²) in [6.45, 7) is 1.79. The molecule has 0 saturated heterocycles. The van der Waals surface area contributed by atoms with Crippen LogP contribution in [0.3, 0.4) is 0 Å². The summed E-state index contributed by atoms with van der Waals surface area (Å²) in [5, 5.41) is 0. The van der Waals surface area contributed by atoms with Gasteiger partial charge in [0.2, 0.25) is 0 Å². The van der Waals surface area contributed by atoms with E-state index in [1.54, 1.807) is 6.92 Å². The molecular weight excluding hydrogens is 103 g/mol. The van der Waals surface area contributed by atoms with E-state index in [-0.39, 0.29) is 5.75 Å². The maximum atomic E-state index is 11.2. The fourth-order valence-electron chi connectivity index (χ4n) is 0.160. The van der Waals surface area contributed by atoms with E-state index in [2.05, 4.69) is 0 Å². The van der Waals surface area contributed by atoms with E-state index in [0.717, 1.165) is 0 Å². The van der Waals surface area contributed by atoms with Gasteiger partial charge in [-0.1, -0.05) is 6.92 Å². The fourth-order valence-corrected chi connectivity index (χ4v) is 0.481. The minimum absolute atomic E-state index is 0.181. The van der Waals surface area contributed by atoms with Crippen molar-refractivity contribution in [3.8, 4) is 0 Å². The minimum Gasteiger partial charge on any atom is -0.225 e. The lowest BCUT2D eigenvalue weighted by molar-refractivity contribution is 0.647. The van der Waals surface area contributed by atoms with E-state index in [4.69, 9.17) is 0 Å². The quantitative estimate of drug-likeness (QED) is 0.485. The summed E-state index contributed by atoms with van der Waals surface area (Å²) in [7, 11) is 0. The Bertz CT molecular complexity index is 54.8. The van der Waals surface area contributed by atoms with Crippen molar-refractivity contribution in [2.75, 3.05) is 5.75 Å². The van der Waals surface area contributed by atoms with Gasteiger partial charge in [-0.3, -0.25) is 0 Å². The topological polar surface area (TPSA) is 17.1 Å². The van der Waals surface area contributed by atoms with Crippen molar-refractivity contribution in [2.24, 2.45) is 0 Å². The molecule has 0 fully saturated rings. The molecule has 6 heavy (non-hydrogen) atoms. The third-order valence-electron chi connectivity index (χ3n) is 0.365. The molecule has 38 valence electrons. The SMILES string of the molecule is CCCS(=O)F. The first kappa shape index (κ1) is 6.08. The molecule has 3 heteroatoms. The number of rotatable bonds is 2. The van der Waals surface area contributed by atoms with Crippen LogP contribution in [0.1, 0.15) is 13.3 Å². The molecule has 1 atom stereocenters. The van der Waals surface area contributed by atoms with Gasteiger partial charge in [0.1, 0.15) is 0 Å². The van der Waals surface area contributed by atoms with Gasteiger partial charge >= 0.3 is 0 Å². The van der Waals surface area contributed by atoms with Crippen LogP contribution < -0.4 is 0 Å². The fraction of sp³-hybridized carbons (Fsp3) is 1.00. The number of hydrogen-bond donors (Lipinski definition) is 0. The highest BCUT2D eigenvalue weighted by Gasteiger charge is 1.86. The largest absolute Gasteiger partial charge is 0.225 e. The van der Waals surface area contributed by atoms with Gasteiger partial charge in [-0.15, -0.1) is 3.89 Å². The third-order valence-corrected chi connectivity index (χ3v) is 1.09. The maximum absolute atomic E-state index is 11.2. The summed E-state index contributed by atoms with van der Waals surface area (Å²) in [6.07, 6.45) is 0.656. The zero-order chi connectivity index (χ0) is 4.99. The lowest BCUT2D eigenvalue weighted by Gasteiger charge is -1.77. The molecule has 1 nitrogen and oxygen atoms in total. The molecule has 0 aliphatic carbocycles. The molecule has 1 unspecified atom stereocenters. The minimum atomic E-state index is -2.07. The molecule has 0 aromatic rings. The highest BCUT2D eigenvalue weighted by Crippen LogP contribution is 1.83. The summed E-state index contributed by atoms with van der Waals surface area (Å²) in [4.78, 5) is 0. The molecule has 0 amide bonds. The van der Waals surface area contributed by atoms with Crippen LogP contribution in [0.25, 0.3) is 0 Å². The maximum Gasteiger partial charge on any atom is 0.198 e. The zero-order valence-corrected chi connectivity index (χ0v) is 4.43. The van der Waals surface area contributed by atoms with Gasteiger partial charge in [0, 0.05) is 0 Å². The summed E-state index contributed by atoms with van der Waals surface area (Å²) in [6, 6.07) is 0. The number of halogens is 1. The van der Waals surface area contributed by atoms with Crippen LogP contribution in [0.4, 0.5) is 3.89 Å². The van der Waals surface area contributed by atoms with Crippen molar-refractivity contribution < 1.29 is 8.09 Å². The summed E-state index contributed by atoms with van der Waals surface area (Å²) >= 11 is -2.07. The molecule has 0 rings (SSSR count). The van der Waals surface area contributed by atoms with Crippen molar-refractivity contribution in [3.63, 3.8) is 0 Å². The third kappa shape index (κ3) is 4.08. The monoisotopic (exact) mass is 110 g/mol. The van der Waals surface area contributed by atoms with E-state index >= 15 is 0 Å². The molecule has 0 aliphatic heterocycles. The lowest BCUT2D eigenvalue weighted by atomic mass is 10.6. The Morgan fingerprint density at radius 1 is 1.83 bits per heavy atom. The molecule has 0 bridgehead atoms. The highest BCUT2D eigenvalue weighted by molar-refractivity contribution is 7.79. The molecule has 0 radical (unpaired) electrons. The predicted octanol–water partition coefficient (Wildman–Crippen LogP) is 1.03. The standard InChI is InChI=1S/C3H7FOS/c1-2-3-6(4)5/h2-3H2,1H3.